The minimum atomic E-state index is -0.317. The Labute approximate surface area is 125 Å². The molecule has 8 heteroatoms. The molecule has 0 fully saturated rings. The summed E-state index contributed by atoms with van der Waals surface area (Å²) in [6, 6.07) is 9.26. The standard InChI is InChI=1S/C13H13ClN6O/c1-20-12-10(18-19-20)11(16-13(14)17-12)15-9(7-21)8-5-3-2-4-6-8/h2-6,9,21H,7H2,1H3,(H,15,16,17)/t9-/m1/s1. The van der Waals surface area contributed by atoms with Crippen LogP contribution in [0.4, 0.5) is 5.82 Å². The molecule has 2 aromatic heterocycles. The maximum absolute atomic E-state index is 9.61. The second-order valence-electron chi connectivity index (χ2n) is 4.52. The van der Waals surface area contributed by atoms with Crippen molar-refractivity contribution in [3.63, 3.8) is 0 Å². The first-order chi connectivity index (χ1) is 10.2. The van der Waals surface area contributed by atoms with Crippen LogP contribution in [0.15, 0.2) is 30.3 Å². The topological polar surface area (TPSA) is 88.8 Å². The Bertz CT molecular complexity index is 760. The molecule has 0 aliphatic rings. The van der Waals surface area contributed by atoms with Crippen LogP contribution in [0.2, 0.25) is 5.28 Å². The number of fused-ring (bicyclic) bond motifs is 1. The molecule has 0 amide bonds. The molecule has 21 heavy (non-hydrogen) atoms. The van der Waals surface area contributed by atoms with Crippen LogP contribution < -0.4 is 5.32 Å². The van der Waals surface area contributed by atoms with E-state index in [0.717, 1.165) is 5.56 Å². The largest absolute Gasteiger partial charge is 0.394 e. The Morgan fingerprint density at radius 1 is 1.29 bits per heavy atom. The molecule has 0 radical (unpaired) electrons. The number of anilines is 1. The first-order valence-corrected chi connectivity index (χ1v) is 6.72. The van der Waals surface area contributed by atoms with Crippen molar-refractivity contribution in [3.8, 4) is 0 Å². The Kier molecular flexibility index (Phi) is 3.68. The molecule has 108 valence electrons. The highest BCUT2D eigenvalue weighted by Crippen LogP contribution is 2.24. The number of benzene rings is 1. The molecule has 7 nitrogen and oxygen atoms in total. The third-order valence-electron chi connectivity index (χ3n) is 3.12. The smallest absolute Gasteiger partial charge is 0.226 e. The lowest BCUT2D eigenvalue weighted by Crippen LogP contribution is -2.16. The first-order valence-electron chi connectivity index (χ1n) is 6.34. The molecule has 3 aromatic rings. The lowest BCUT2D eigenvalue weighted by Gasteiger charge is -2.17. The minimum Gasteiger partial charge on any atom is -0.394 e. The third kappa shape index (κ3) is 2.65. The zero-order chi connectivity index (χ0) is 14.8. The van der Waals surface area contributed by atoms with Crippen LogP contribution in [-0.2, 0) is 7.05 Å². The molecule has 0 aliphatic carbocycles. The van der Waals surface area contributed by atoms with Gasteiger partial charge >= 0.3 is 0 Å². The van der Waals surface area contributed by atoms with Gasteiger partial charge in [-0.3, -0.25) is 0 Å². The van der Waals surface area contributed by atoms with Gasteiger partial charge in [0.15, 0.2) is 17.0 Å². The van der Waals surface area contributed by atoms with Gasteiger partial charge in [0.05, 0.1) is 12.6 Å². The quantitative estimate of drug-likeness (QED) is 0.711. The van der Waals surface area contributed by atoms with Crippen LogP contribution in [0.1, 0.15) is 11.6 Å². The number of aromatic nitrogens is 5. The first kappa shape index (κ1) is 13.7. The molecule has 0 saturated carbocycles. The molecule has 2 N–H and O–H groups in total. The third-order valence-corrected chi connectivity index (χ3v) is 3.29. The SMILES string of the molecule is Cn1nnc2c(N[C@H](CO)c3ccccc3)nc(Cl)nc21. The maximum Gasteiger partial charge on any atom is 0.226 e. The predicted octanol–water partition coefficient (Wildman–Crippen LogP) is 1.56. The molecule has 0 saturated heterocycles. The molecule has 1 atom stereocenters. The Balaban J connectivity index is 2.00. The molecule has 1 aromatic carbocycles. The second-order valence-corrected chi connectivity index (χ2v) is 4.85. The normalized spacial score (nSPS) is 12.5. The number of hydrogen-bond donors (Lipinski definition) is 2. The molecule has 3 rings (SSSR count). The molecule has 0 bridgehead atoms. The summed E-state index contributed by atoms with van der Waals surface area (Å²) in [5, 5.41) is 20.8. The molecule has 0 aliphatic heterocycles. The van der Waals surface area contributed by atoms with Crippen molar-refractivity contribution in [2.75, 3.05) is 11.9 Å². The number of rotatable bonds is 4. The van der Waals surface area contributed by atoms with Crippen LogP contribution >= 0.6 is 11.6 Å². The van der Waals surface area contributed by atoms with Crippen molar-refractivity contribution in [2.24, 2.45) is 7.05 Å². The zero-order valence-corrected chi connectivity index (χ0v) is 12.0. The van der Waals surface area contributed by atoms with E-state index in [1.54, 1.807) is 7.05 Å². The monoisotopic (exact) mass is 304 g/mol. The van der Waals surface area contributed by atoms with Gasteiger partial charge in [0.1, 0.15) is 0 Å². The average Bonchev–Trinajstić information content (AvgIpc) is 2.87. The summed E-state index contributed by atoms with van der Waals surface area (Å²) >= 11 is 5.93. The van der Waals surface area contributed by atoms with Crippen LogP contribution in [0.3, 0.4) is 0 Å². The van der Waals surface area contributed by atoms with E-state index in [9.17, 15) is 5.11 Å². The maximum atomic E-state index is 9.61. The van der Waals surface area contributed by atoms with Gasteiger partial charge in [-0.05, 0) is 17.2 Å². The molecule has 2 heterocycles. The van der Waals surface area contributed by atoms with E-state index in [4.69, 9.17) is 11.6 Å². The van der Waals surface area contributed by atoms with Gasteiger partial charge in [-0.2, -0.15) is 9.97 Å². The van der Waals surface area contributed by atoms with Gasteiger partial charge in [0.25, 0.3) is 0 Å². The summed E-state index contributed by atoms with van der Waals surface area (Å²) in [6.07, 6.45) is 0. The van der Waals surface area contributed by atoms with Crippen LogP contribution in [-0.4, -0.2) is 36.7 Å². The van der Waals surface area contributed by atoms with Crippen LogP contribution in [0, 0.1) is 0 Å². The average molecular weight is 305 g/mol. The van der Waals surface area contributed by atoms with E-state index >= 15 is 0 Å². The van der Waals surface area contributed by atoms with E-state index in [2.05, 4.69) is 25.6 Å². The van der Waals surface area contributed by atoms with Crippen molar-refractivity contribution < 1.29 is 5.11 Å². The summed E-state index contributed by atoms with van der Waals surface area (Å²) in [4.78, 5) is 8.24. The fourth-order valence-electron chi connectivity index (χ4n) is 2.07. The lowest BCUT2D eigenvalue weighted by molar-refractivity contribution is 0.276. The van der Waals surface area contributed by atoms with Crippen molar-refractivity contribution in [3.05, 3.63) is 41.2 Å². The van der Waals surface area contributed by atoms with Gasteiger partial charge < -0.3 is 10.4 Å². The van der Waals surface area contributed by atoms with E-state index in [1.165, 1.54) is 4.68 Å². The van der Waals surface area contributed by atoms with Crippen molar-refractivity contribution in [1.82, 2.24) is 25.0 Å². The highest BCUT2D eigenvalue weighted by molar-refractivity contribution is 6.28. The fraction of sp³-hybridized carbons (Fsp3) is 0.231. The number of aliphatic hydroxyl groups excluding tert-OH is 1. The van der Waals surface area contributed by atoms with Crippen molar-refractivity contribution in [2.45, 2.75) is 6.04 Å². The fourth-order valence-corrected chi connectivity index (χ4v) is 2.24. The van der Waals surface area contributed by atoms with Gasteiger partial charge in [-0.15, -0.1) is 5.10 Å². The molecular formula is C13H13ClN6O. The van der Waals surface area contributed by atoms with Crippen molar-refractivity contribution in [1.29, 1.82) is 0 Å². The number of aliphatic hydroxyl groups is 1. The molecule has 0 unspecified atom stereocenters. The summed E-state index contributed by atoms with van der Waals surface area (Å²) in [5.74, 6) is 0.445. The summed E-state index contributed by atoms with van der Waals surface area (Å²) in [6.45, 7) is -0.0899. The summed E-state index contributed by atoms with van der Waals surface area (Å²) in [7, 11) is 1.73. The molecule has 0 spiro atoms. The predicted molar refractivity (Wildman–Crippen MR) is 79.0 cm³/mol. The number of nitrogens with zero attached hydrogens (tertiary/aromatic N) is 5. The van der Waals surface area contributed by atoms with E-state index in [1.807, 2.05) is 30.3 Å². The highest BCUT2D eigenvalue weighted by Gasteiger charge is 2.17. The van der Waals surface area contributed by atoms with Gasteiger partial charge in [-0.25, -0.2) is 4.68 Å². The lowest BCUT2D eigenvalue weighted by atomic mass is 10.1. The molecular weight excluding hydrogens is 292 g/mol. The van der Waals surface area contributed by atoms with E-state index < -0.39 is 0 Å². The minimum absolute atomic E-state index is 0.0899. The number of nitrogens with one attached hydrogen (secondary N) is 1. The van der Waals surface area contributed by atoms with Crippen molar-refractivity contribution >= 4 is 28.6 Å². The number of aryl methyl sites for hydroxylation is 1. The van der Waals surface area contributed by atoms with Gasteiger partial charge in [0, 0.05) is 7.05 Å². The van der Waals surface area contributed by atoms with Gasteiger partial charge in [-0.1, -0.05) is 35.5 Å². The van der Waals surface area contributed by atoms with Gasteiger partial charge in [0.2, 0.25) is 5.28 Å². The van der Waals surface area contributed by atoms with E-state index in [-0.39, 0.29) is 17.9 Å². The Morgan fingerprint density at radius 2 is 2.05 bits per heavy atom. The van der Waals surface area contributed by atoms with E-state index in [0.29, 0.717) is 17.0 Å². The zero-order valence-electron chi connectivity index (χ0n) is 11.2. The number of hydrogen-bond acceptors (Lipinski definition) is 6. The summed E-state index contributed by atoms with van der Waals surface area (Å²) < 4.78 is 1.52. The highest BCUT2D eigenvalue weighted by atomic mass is 35.5. The Morgan fingerprint density at radius 3 is 2.76 bits per heavy atom. The van der Waals surface area contributed by atoms with Crippen LogP contribution in [0.25, 0.3) is 11.2 Å². The van der Waals surface area contributed by atoms with Crippen LogP contribution in [0.5, 0.6) is 0 Å². The second kappa shape index (κ2) is 5.63. The number of halogens is 1. The summed E-state index contributed by atoms with van der Waals surface area (Å²) in [5.41, 5.74) is 1.98. The Hall–Kier alpha value is -2.25.